The van der Waals surface area contributed by atoms with Crippen LogP contribution in [0.1, 0.15) is 23.2 Å². The van der Waals surface area contributed by atoms with Crippen molar-refractivity contribution in [2.75, 3.05) is 20.1 Å². The Labute approximate surface area is 110 Å². The van der Waals surface area contributed by atoms with Gasteiger partial charge in [-0.3, -0.25) is 9.78 Å². The quantitative estimate of drug-likeness (QED) is 0.903. The fourth-order valence-corrected chi connectivity index (χ4v) is 2.43. The highest BCUT2D eigenvalue weighted by Gasteiger charge is 2.22. The van der Waals surface area contributed by atoms with E-state index in [-0.39, 0.29) is 11.9 Å². The summed E-state index contributed by atoms with van der Waals surface area (Å²) in [7, 11) is 1.86. The number of likely N-dealkylation sites (N-methyl/N-ethyl adjacent to an activating group) is 1. The Kier molecular flexibility index (Phi) is 4.12. The van der Waals surface area contributed by atoms with Gasteiger partial charge < -0.3 is 10.2 Å². The maximum atomic E-state index is 12.2. The van der Waals surface area contributed by atoms with E-state index in [0.29, 0.717) is 5.56 Å². The lowest BCUT2D eigenvalue weighted by atomic mass is 10.1. The van der Waals surface area contributed by atoms with E-state index in [2.05, 4.69) is 26.2 Å². The van der Waals surface area contributed by atoms with Gasteiger partial charge in [-0.1, -0.05) is 0 Å². The van der Waals surface area contributed by atoms with Gasteiger partial charge in [-0.15, -0.1) is 0 Å². The van der Waals surface area contributed by atoms with Gasteiger partial charge in [0.05, 0.1) is 5.56 Å². The molecule has 1 unspecified atom stereocenters. The van der Waals surface area contributed by atoms with E-state index in [0.717, 1.165) is 30.4 Å². The smallest absolute Gasteiger partial charge is 0.255 e. The number of piperidine rings is 1. The van der Waals surface area contributed by atoms with E-state index in [1.807, 2.05) is 18.0 Å². The van der Waals surface area contributed by atoms with Crippen LogP contribution in [-0.4, -0.2) is 42.0 Å². The lowest BCUT2D eigenvalue weighted by Gasteiger charge is -2.31. The molecule has 0 spiro atoms. The molecule has 92 valence electrons. The highest BCUT2D eigenvalue weighted by atomic mass is 79.9. The molecule has 1 aromatic rings. The van der Waals surface area contributed by atoms with E-state index in [1.165, 1.54) is 0 Å². The lowest BCUT2D eigenvalue weighted by molar-refractivity contribution is 0.0708. The number of amides is 1. The Morgan fingerprint density at radius 2 is 2.41 bits per heavy atom. The molecule has 5 heteroatoms. The fraction of sp³-hybridized carbons (Fsp3) is 0.500. The molecule has 0 radical (unpaired) electrons. The normalized spacial score (nSPS) is 20.0. The molecule has 1 atom stereocenters. The molecule has 1 amide bonds. The number of halogens is 1. The van der Waals surface area contributed by atoms with Gasteiger partial charge in [0, 0.05) is 36.5 Å². The SMILES string of the molecule is CN(C(=O)c1cncc(Br)c1)C1CCCNC1. The average molecular weight is 298 g/mol. The van der Waals surface area contributed by atoms with Gasteiger partial charge in [0.2, 0.25) is 0 Å². The van der Waals surface area contributed by atoms with Gasteiger partial charge >= 0.3 is 0 Å². The Hall–Kier alpha value is -0.940. The van der Waals surface area contributed by atoms with Crippen LogP contribution in [0.3, 0.4) is 0 Å². The maximum absolute atomic E-state index is 12.2. The van der Waals surface area contributed by atoms with Crippen LogP contribution in [0, 0.1) is 0 Å². The van der Waals surface area contributed by atoms with E-state index < -0.39 is 0 Å². The number of hydrogen-bond acceptors (Lipinski definition) is 3. The Morgan fingerprint density at radius 3 is 3.06 bits per heavy atom. The molecular weight excluding hydrogens is 282 g/mol. The standard InChI is InChI=1S/C12H16BrN3O/c1-16(11-3-2-4-14-8-11)12(17)9-5-10(13)7-15-6-9/h5-7,11,14H,2-4,8H2,1H3. The molecule has 1 aromatic heterocycles. The highest BCUT2D eigenvalue weighted by Crippen LogP contribution is 2.15. The summed E-state index contributed by atoms with van der Waals surface area (Å²) < 4.78 is 0.832. The minimum absolute atomic E-state index is 0.0347. The maximum Gasteiger partial charge on any atom is 0.255 e. The molecule has 0 bridgehead atoms. The van der Waals surface area contributed by atoms with Crippen LogP contribution < -0.4 is 5.32 Å². The zero-order chi connectivity index (χ0) is 12.3. The monoisotopic (exact) mass is 297 g/mol. The highest BCUT2D eigenvalue weighted by molar-refractivity contribution is 9.10. The topological polar surface area (TPSA) is 45.2 Å². The van der Waals surface area contributed by atoms with Gasteiger partial charge in [-0.2, -0.15) is 0 Å². The van der Waals surface area contributed by atoms with Gasteiger partial charge in [0.1, 0.15) is 0 Å². The lowest BCUT2D eigenvalue weighted by Crippen LogP contribution is -2.46. The van der Waals surface area contributed by atoms with Gasteiger partial charge in [0.25, 0.3) is 5.91 Å². The summed E-state index contributed by atoms with van der Waals surface area (Å²) in [6.07, 6.45) is 5.48. The molecular formula is C12H16BrN3O. The fourth-order valence-electron chi connectivity index (χ4n) is 2.06. The van der Waals surface area contributed by atoms with Crippen LogP contribution in [0.5, 0.6) is 0 Å². The predicted molar refractivity (Wildman–Crippen MR) is 69.9 cm³/mol. The second-order valence-electron chi connectivity index (χ2n) is 4.31. The van der Waals surface area contributed by atoms with Gasteiger partial charge in [-0.25, -0.2) is 0 Å². The summed E-state index contributed by atoms with van der Waals surface area (Å²) in [6, 6.07) is 2.09. The third-order valence-corrected chi connectivity index (χ3v) is 3.52. The van der Waals surface area contributed by atoms with Crippen molar-refractivity contribution in [1.29, 1.82) is 0 Å². The third-order valence-electron chi connectivity index (χ3n) is 3.09. The van der Waals surface area contributed by atoms with E-state index in [4.69, 9.17) is 0 Å². The number of aromatic nitrogens is 1. The minimum atomic E-state index is 0.0347. The van der Waals surface area contributed by atoms with E-state index >= 15 is 0 Å². The molecule has 17 heavy (non-hydrogen) atoms. The van der Waals surface area contributed by atoms with Crippen molar-refractivity contribution in [3.8, 4) is 0 Å². The summed E-state index contributed by atoms with van der Waals surface area (Å²) in [6.45, 7) is 1.93. The summed E-state index contributed by atoms with van der Waals surface area (Å²) in [5.41, 5.74) is 0.632. The van der Waals surface area contributed by atoms with Crippen molar-refractivity contribution < 1.29 is 4.79 Å². The summed E-state index contributed by atoms with van der Waals surface area (Å²) in [5.74, 6) is 0.0347. The van der Waals surface area contributed by atoms with E-state index in [9.17, 15) is 4.79 Å². The number of rotatable bonds is 2. The van der Waals surface area contributed by atoms with Crippen molar-refractivity contribution in [2.45, 2.75) is 18.9 Å². The van der Waals surface area contributed by atoms with Gasteiger partial charge in [0.15, 0.2) is 0 Å². The first-order chi connectivity index (χ1) is 8.18. The Balaban J connectivity index is 2.08. The number of hydrogen-bond donors (Lipinski definition) is 1. The molecule has 1 aliphatic rings. The number of nitrogens with one attached hydrogen (secondary N) is 1. The van der Waals surface area contributed by atoms with Crippen LogP contribution in [-0.2, 0) is 0 Å². The number of pyridine rings is 1. The molecule has 1 saturated heterocycles. The number of carbonyl (C=O) groups is 1. The molecule has 1 aliphatic heterocycles. The first kappa shape index (κ1) is 12.5. The molecule has 2 rings (SSSR count). The third kappa shape index (κ3) is 3.04. The van der Waals surface area contributed by atoms with Crippen molar-refractivity contribution in [3.63, 3.8) is 0 Å². The molecule has 1 N–H and O–H groups in total. The van der Waals surface area contributed by atoms with Crippen molar-refractivity contribution >= 4 is 21.8 Å². The number of carbonyl (C=O) groups excluding carboxylic acids is 1. The molecule has 0 saturated carbocycles. The zero-order valence-electron chi connectivity index (χ0n) is 9.82. The first-order valence-electron chi connectivity index (χ1n) is 5.77. The second-order valence-corrected chi connectivity index (χ2v) is 5.22. The number of nitrogens with zero attached hydrogens (tertiary/aromatic N) is 2. The van der Waals surface area contributed by atoms with Crippen molar-refractivity contribution in [3.05, 3.63) is 28.5 Å². The zero-order valence-corrected chi connectivity index (χ0v) is 11.4. The predicted octanol–water partition coefficient (Wildman–Crippen LogP) is 1.67. The summed E-state index contributed by atoms with van der Waals surface area (Å²) in [5, 5.41) is 3.31. The molecule has 4 nitrogen and oxygen atoms in total. The average Bonchev–Trinajstić information content (AvgIpc) is 2.38. The molecule has 2 heterocycles. The molecule has 0 aliphatic carbocycles. The van der Waals surface area contributed by atoms with Crippen molar-refractivity contribution in [1.82, 2.24) is 15.2 Å². The van der Waals surface area contributed by atoms with Crippen LogP contribution in [0.4, 0.5) is 0 Å². The Morgan fingerprint density at radius 1 is 1.59 bits per heavy atom. The van der Waals surface area contributed by atoms with Crippen LogP contribution >= 0.6 is 15.9 Å². The van der Waals surface area contributed by atoms with Crippen LogP contribution in [0.2, 0.25) is 0 Å². The largest absolute Gasteiger partial charge is 0.337 e. The minimum Gasteiger partial charge on any atom is -0.337 e. The van der Waals surface area contributed by atoms with E-state index in [1.54, 1.807) is 12.4 Å². The second kappa shape index (κ2) is 5.60. The Bertz CT molecular complexity index is 404. The summed E-state index contributed by atoms with van der Waals surface area (Å²) in [4.78, 5) is 18.1. The van der Waals surface area contributed by atoms with Gasteiger partial charge in [-0.05, 0) is 41.4 Å². The first-order valence-corrected chi connectivity index (χ1v) is 6.56. The molecule has 0 aromatic carbocycles. The molecule has 1 fully saturated rings. The van der Waals surface area contributed by atoms with Crippen molar-refractivity contribution in [2.24, 2.45) is 0 Å². The van der Waals surface area contributed by atoms with Crippen LogP contribution in [0.25, 0.3) is 0 Å². The summed E-state index contributed by atoms with van der Waals surface area (Å²) >= 11 is 3.33. The van der Waals surface area contributed by atoms with Crippen LogP contribution in [0.15, 0.2) is 22.9 Å².